The molecule has 0 spiro atoms. The smallest absolute Gasteiger partial charge is 0.324 e. The lowest BCUT2D eigenvalue weighted by atomic mass is 10.0. The molecule has 0 radical (unpaired) electrons. The third-order valence-electron chi connectivity index (χ3n) is 6.16. The Labute approximate surface area is 199 Å². The minimum Gasteiger partial charge on any atom is -0.324 e. The molecule has 7 heteroatoms. The average molecular weight is 461 g/mol. The second-order valence-corrected chi connectivity index (χ2v) is 8.51. The second kappa shape index (κ2) is 10.6. The number of hydrogen-bond donors (Lipinski definition) is 1. The third kappa shape index (κ3) is 5.32. The zero-order valence-corrected chi connectivity index (χ0v) is 19.3. The van der Waals surface area contributed by atoms with Crippen LogP contribution in [0.2, 0.25) is 0 Å². The fourth-order valence-electron chi connectivity index (χ4n) is 4.06. The molecule has 1 aliphatic heterocycles. The van der Waals surface area contributed by atoms with Crippen LogP contribution in [0.25, 0.3) is 11.1 Å². The van der Waals surface area contributed by atoms with Crippen molar-refractivity contribution in [2.45, 2.75) is 6.54 Å². The number of urea groups is 1. The van der Waals surface area contributed by atoms with Gasteiger partial charge in [0.15, 0.2) is 5.78 Å². The Hall–Kier alpha value is -3.55. The molecule has 2 amide bonds. The van der Waals surface area contributed by atoms with Crippen molar-refractivity contribution in [2.24, 2.45) is 5.73 Å². The van der Waals surface area contributed by atoms with E-state index in [0.29, 0.717) is 24.3 Å². The number of anilines is 1. The van der Waals surface area contributed by atoms with Gasteiger partial charge in [-0.25, -0.2) is 9.18 Å². The van der Waals surface area contributed by atoms with E-state index in [1.54, 1.807) is 21.9 Å². The number of Topliss-reactive ketones (excluding diaryl/α,β-unsaturated/α-hetero) is 1. The first-order valence-electron chi connectivity index (χ1n) is 11.4. The van der Waals surface area contributed by atoms with E-state index in [9.17, 15) is 14.0 Å². The zero-order valence-electron chi connectivity index (χ0n) is 19.3. The lowest BCUT2D eigenvalue weighted by Gasteiger charge is -2.36. The number of carbonyl (C=O) groups excluding carboxylic acids is 2. The summed E-state index contributed by atoms with van der Waals surface area (Å²) in [6, 6.07) is 21.8. The summed E-state index contributed by atoms with van der Waals surface area (Å²) in [4.78, 5) is 31.1. The lowest BCUT2D eigenvalue weighted by Crippen LogP contribution is -2.52. The van der Waals surface area contributed by atoms with Gasteiger partial charge in [-0.15, -0.1) is 0 Å². The minimum atomic E-state index is -0.533. The molecule has 1 fully saturated rings. The maximum absolute atomic E-state index is 15.0. The Morgan fingerprint density at radius 1 is 0.912 bits per heavy atom. The lowest BCUT2D eigenvalue weighted by molar-refractivity contribution is 0.100. The van der Waals surface area contributed by atoms with Crippen LogP contribution in [0.3, 0.4) is 0 Å². The first-order chi connectivity index (χ1) is 16.5. The molecule has 1 saturated heterocycles. The second-order valence-electron chi connectivity index (χ2n) is 8.51. The van der Waals surface area contributed by atoms with E-state index in [0.717, 1.165) is 24.2 Å². The van der Waals surface area contributed by atoms with Crippen LogP contribution in [0.4, 0.5) is 14.9 Å². The molecule has 3 aromatic rings. The minimum absolute atomic E-state index is 0.0480. The Morgan fingerprint density at radius 2 is 1.62 bits per heavy atom. The van der Waals surface area contributed by atoms with Gasteiger partial charge in [-0.3, -0.25) is 9.69 Å². The number of amides is 2. The number of nitrogens with zero attached hydrogens (tertiary/aromatic N) is 3. The van der Waals surface area contributed by atoms with Crippen LogP contribution in [0.1, 0.15) is 15.9 Å². The quantitative estimate of drug-likeness (QED) is 0.565. The number of halogens is 1. The fourth-order valence-corrected chi connectivity index (χ4v) is 4.06. The number of rotatable bonds is 6. The first-order valence-corrected chi connectivity index (χ1v) is 11.4. The molecule has 6 nitrogen and oxygen atoms in total. The number of ketones is 1. The van der Waals surface area contributed by atoms with Gasteiger partial charge in [-0.05, 0) is 36.4 Å². The molecule has 2 N–H and O–H groups in total. The summed E-state index contributed by atoms with van der Waals surface area (Å²) >= 11 is 0. The van der Waals surface area contributed by atoms with Crippen molar-refractivity contribution in [3.63, 3.8) is 0 Å². The van der Waals surface area contributed by atoms with Gasteiger partial charge in [0.25, 0.3) is 0 Å². The van der Waals surface area contributed by atoms with Crippen molar-refractivity contribution >= 4 is 17.5 Å². The largest absolute Gasteiger partial charge is 0.324 e. The van der Waals surface area contributed by atoms with E-state index in [2.05, 4.69) is 4.90 Å². The highest BCUT2D eigenvalue weighted by atomic mass is 19.1. The van der Waals surface area contributed by atoms with Gasteiger partial charge in [0, 0.05) is 43.0 Å². The van der Waals surface area contributed by atoms with Crippen LogP contribution < -0.4 is 10.6 Å². The van der Waals surface area contributed by atoms with Crippen molar-refractivity contribution in [1.29, 1.82) is 0 Å². The Balaban J connectivity index is 1.68. The highest BCUT2D eigenvalue weighted by Crippen LogP contribution is 2.27. The van der Waals surface area contributed by atoms with Crippen molar-refractivity contribution in [2.75, 3.05) is 44.7 Å². The van der Waals surface area contributed by atoms with Crippen molar-refractivity contribution in [3.05, 3.63) is 89.7 Å². The van der Waals surface area contributed by atoms with Crippen LogP contribution in [-0.4, -0.2) is 61.4 Å². The van der Waals surface area contributed by atoms with Gasteiger partial charge in [0.1, 0.15) is 5.82 Å². The number of piperazine rings is 1. The summed E-state index contributed by atoms with van der Waals surface area (Å²) in [5.74, 6) is -0.860. The molecule has 4 rings (SSSR count). The first kappa shape index (κ1) is 23.6. The summed E-state index contributed by atoms with van der Waals surface area (Å²) in [5.41, 5.74) is 8.66. The van der Waals surface area contributed by atoms with E-state index in [4.69, 9.17) is 5.73 Å². The molecule has 34 heavy (non-hydrogen) atoms. The van der Waals surface area contributed by atoms with Gasteiger partial charge in [0.05, 0.1) is 13.1 Å². The molecule has 0 aromatic heterocycles. The van der Waals surface area contributed by atoms with Crippen molar-refractivity contribution in [1.82, 2.24) is 9.80 Å². The van der Waals surface area contributed by atoms with Gasteiger partial charge in [-0.1, -0.05) is 54.6 Å². The van der Waals surface area contributed by atoms with E-state index >= 15 is 0 Å². The van der Waals surface area contributed by atoms with E-state index in [-0.39, 0.29) is 30.5 Å². The van der Waals surface area contributed by atoms with Crippen molar-refractivity contribution in [3.8, 4) is 11.1 Å². The standard InChI is InChI=1S/C27H29FN4O2/c1-30-12-14-31(15-13-30)27(34)32(19-23-11-10-22(17-25(23)28)26(33)18-29)24-9-5-8-21(16-24)20-6-3-2-4-7-20/h2-11,16-17H,12-15,18-19,29H2,1H3. The Bertz CT molecular complexity index is 1160. The van der Waals surface area contributed by atoms with Gasteiger partial charge in [0.2, 0.25) is 0 Å². The number of benzene rings is 3. The normalized spacial score (nSPS) is 14.1. The van der Waals surface area contributed by atoms with E-state index in [1.807, 2.05) is 61.6 Å². The molecule has 0 bridgehead atoms. The molecule has 1 heterocycles. The van der Waals surface area contributed by atoms with Crippen LogP contribution in [0.5, 0.6) is 0 Å². The van der Waals surface area contributed by atoms with Crippen LogP contribution in [-0.2, 0) is 6.54 Å². The van der Waals surface area contributed by atoms with Crippen LogP contribution in [0, 0.1) is 5.82 Å². The molecule has 0 aliphatic carbocycles. The number of hydrogen-bond acceptors (Lipinski definition) is 4. The highest BCUT2D eigenvalue weighted by Gasteiger charge is 2.26. The Morgan fingerprint density at radius 3 is 2.29 bits per heavy atom. The van der Waals surface area contributed by atoms with Crippen molar-refractivity contribution < 1.29 is 14.0 Å². The average Bonchev–Trinajstić information content (AvgIpc) is 2.88. The predicted octanol–water partition coefficient (Wildman–Crippen LogP) is 4.01. The third-order valence-corrected chi connectivity index (χ3v) is 6.16. The predicted molar refractivity (Wildman–Crippen MR) is 132 cm³/mol. The van der Waals surface area contributed by atoms with Crippen LogP contribution >= 0.6 is 0 Å². The fraction of sp³-hybridized carbons (Fsp3) is 0.259. The molecular weight excluding hydrogens is 431 g/mol. The van der Waals surface area contributed by atoms with E-state index in [1.165, 1.54) is 6.07 Å². The molecule has 1 aliphatic rings. The summed E-state index contributed by atoms with van der Waals surface area (Å²) in [7, 11) is 2.03. The molecule has 0 saturated carbocycles. The summed E-state index contributed by atoms with van der Waals surface area (Å²) in [6.45, 7) is 2.65. The number of likely N-dealkylation sites (N-methyl/N-ethyl adjacent to an activating group) is 1. The molecule has 0 atom stereocenters. The summed E-state index contributed by atoms with van der Waals surface area (Å²) < 4.78 is 15.0. The van der Waals surface area contributed by atoms with Crippen LogP contribution in [0.15, 0.2) is 72.8 Å². The maximum Gasteiger partial charge on any atom is 0.324 e. The Kier molecular flexibility index (Phi) is 7.35. The molecule has 0 unspecified atom stereocenters. The summed E-state index contributed by atoms with van der Waals surface area (Å²) in [5, 5.41) is 0. The zero-order chi connectivity index (χ0) is 24.1. The SMILES string of the molecule is CN1CCN(C(=O)N(Cc2ccc(C(=O)CN)cc2F)c2cccc(-c3ccccc3)c2)CC1. The topological polar surface area (TPSA) is 69.9 Å². The number of nitrogens with two attached hydrogens (primary N) is 1. The number of carbonyl (C=O) groups is 2. The molecule has 3 aromatic carbocycles. The van der Waals surface area contributed by atoms with E-state index < -0.39 is 5.82 Å². The monoisotopic (exact) mass is 460 g/mol. The molecular formula is C27H29FN4O2. The highest BCUT2D eigenvalue weighted by molar-refractivity contribution is 5.97. The van der Waals surface area contributed by atoms with Gasteiger partial charge >= 0.3 is 6.03 Å². The van der Waals surface area contributed by atoms with Gasteiger partial charge < -0.3 is 15.5 Å². The van der Waals surface area contributed by atoms with Gasteiger partial charge in [-0.2, -0.15) is 0 Å². The molecule has 176 valence electrons. The summed E-state index contributed by atoms with van der Waals surface area (Å²) in [6.07, 6.45) is 0. The maximum atomic E-state index is 15.0.